The summed E-state index contributed by atoms with van der Waals surface area (Å²) in [5, 5.41) is 4.48. The number of fused-ring (bicyclic) bond motifs is 1. The predicted molar refractivity (Wildman–Crippen MR) is 127 cm³/mol. The van der Waals surface area contributed by atoms with Crippen LogP contribution < -0.4 is 20.3 Å². The molecule has 174 valence electrons. The fraction of sp³-hybridized carbons (Fsp3) is 0.280. The first kappa shape index (κ1) is 21.7. The lowest BCUT2D eigenvalue weighted by atomic mass is 10.0. The van der Waals surface area contributed by atoms with Crippen molar-refractivity contribution in [3.05, 3.63) is 65.0 Å². The van der Waals surface area contributed by atoms with Crippen LogP contribution in [-0.4, -0.2) is 47.7 Å². The van der Waals surface area contributed by atoms with Gasteiger partial charge in [-0.3, -0.25) is 14.4 Å². The zero-order valence-corrected chi connectivity index (χ0v) is 19.1. The fourth-order valence-corrected chi connectivity index (χ4v) is 4.56. The van der Waals surface area contributed by atoms with Gasteiger partial charge in [0.2, 0.25) is 5.91 Å². The number of β-lactam (4-membered cyclic amide) rings is 1. The Balaban J connectivity index is 1.56. The van der Waals surface area contributed by atoms with Gasteiger partial charge in [0.15, 0.2) is 5.69 Å². The monoisotopic (exact) mass is 459 g/mol. The second-order valence-corrected chi connectivity index (χ2v) is 8.32. The van der Waals surface area contributed by atoms with Gasteiger partial charge in [-0.15, -0.1) is 0 Å². The lowest BCUT2D eigenvalue weighted by Gasteiger charge is -2.32. The van der Waals surface area contributed by atoms with Gasteiger partial charge in [-0.05, 0) is 60.9 Å². The maximum absolute atomic E-state index is 13.7. The first-order valence-electron chi connectivity index (χ1n) is 11.2. The molecule has 1 saturated heterocycles. The van der Waals surface area contributed by atoms with Crippen LogP contribution in [-0.2, 0) is 17.6 Å². The minimum atomic E-state index is -0.661. The van der Waals surface area contributed by atoms with Crippen molar-refractivity contribution in [3.8, 4) is 11.4 Å². The SMILES string of the molecule is CCc1cc(OC)ccc1-n1nc(C(N)=O)c2c1C(=O)N(c1ccc(N3CCC3=O)cc1)CC2. The highest BCUT2D eigenvalue weighted by Gasteiger charge is 2.35. The lowest BCUT2D eigenvalue weighted by molar-refractivity contribution is -0.122. The molecule has 34 heavy (non-hydrogen) atoms. The second-order valence-electron chi connectivity index (χ2n) is 8.32. The molecule has 0 unspecified atom stereocenters. The molecule has 0 bridgehead atoms. The maximum Gasteiger partial charge on any atom is 0.277 e. The van der Waals surface area contributed by atoms with Crippen molar-refractivity contribution in [1.29, 1.82) is 0 Å². The number of carbonyl (C=O) groups is 3. The number of aromatic nitrogens is 2. The number of hydrogen-bond donors (Lipinski definition) is 1. The summed E-state index contributed by atoms with van der Waals surface area (Å²) in [7, 11) is 1.60. The van der Waals surface area contributed by atoms with E-state index in [4.69, 9.17) is 10.5 Å². The van der Waals surface area contributed by atoms with Crippen molar-refractivity contribution < 1.29 is 19.1 Å². The average Bonchev–Trinajstić information content (AvgIpc) is 3.24. The van der Waals surface area contributed by atoms with Crippen LogP contribution in [0, 0.1) is 0 Å². The molecule has 0 spiro atoms. The number of amides is 3. The number of ether oxygens (including phenoxy) is 1. The summed E-state index contributed by atoms with van der Waals surface area (Å²) in [4.78, 5) is 41.0. The highest BCUT2D eigenvalue weighted by atomic mass is 16.5. The number of methoxy groups -OCH3 is 1. The molecule has 0 radical (unpaired) electrons. The Hall–Kier alpha value is -4.14. The summed E-state index contributed by atoms with van der Waals surface area (Å²) in [6, 6.07) is 12.9. The van der Waals surface area contributed by atoms with Crippen molar-refractivity contribution in [3.63, 3.8) is 0 Å². The first-order valence-corrected chi connectivity index (χ1v) is 11.2. The van der Waals surface area contributed by atoms with Gasteiger partial charge in [0.25, 0.3) is 11.8 Å². The molecule has 5 rings (SSSR count). The minimum absolute atomic E-state index is 0.0977. The maximum atomic E-state index is 13.7. The van der Waals surface area contributed by atoms with E-state index in [-0.39, 0.29) is 17.5 Å². The number of carbonyl (C=O) groups excluding carboxylic acids is 3. The molecule has 3 aromatic rings. The van der Waals surface area contributed by atoms with E-state index in [1.54, 1.807) is 23.0 Å². The summed E-state index contributed by atoms with van der Waals surface area (Å²) in [5.41, 5.74) is 9.80. The van der Waals surface area contributed by atoms with Crippen LogP contribution in [0.5, 0.6) is 5.75 Å². The second kappa shape index (κ2) is 8.33. The average molecular weight is 460 g/mol. The zero-order chi connectivity index (χ0) is 24.0. The molecule has 3 amide bonds. The van der Waals surface area contributed by atoms with Crippen LogP contribution in [0.4, 0.5) is 11.4 Å². The summed E-state index contributed by atoms with van der Waals surface area (Å²) in [6.07, 6.45) is 1.69. The van der Waals surface area contributed by atoms with E-state index >= 15 is 0 Å². The molecule has 2 aliphatic rings. The molecule has 1 fully saturated rings. The summed E-state index contributed by atoms with van der Waals surface area (Å²) in [6.45, 7) is 3.10. The van der Waals surface area contributed by atoms with E-state index in [1.165, 1.54) is 4.68 Å². The molecular weight excluding hydrogens is 434 g/mol. The van der Waals surface area contributed by atoms with Gasteiger partial charge in [-0.25, -0.2) is 4.68 Å². The molecule has 2 aromatic carbocycles. The first-order chi connectivity index (χ1) is 16.4. The lowest BCUT2D eigenvalue weighted by Crippen LogP contribution is -2.43. The smallest absolute Gasteiger partial charge is 0.277 e. The third-order valence-electron chi connectivity index (χ3n) is 6.47. The summed E-state index contributed by atoms with van der Waals surface area (Å²) >= 11 is 0. The molecule has 1 aromatic heterocycles. The van der Waals surface area contributed by atoms with Gasteiger partial charge in [-0.1, -0.05) is 6.92 Å². The van der Waals surface area contributed by atoms with E-state index in [9.17, 15) is 14.4 Å². The third-order valence-corrected chi connectivity index (χ3v) is 6.47. The number of nitrogens with zero attached hydrogens (tertiary/aromatic N) is 4. The van der Waals surface area contributed by atoms with Crippen molar-refractivity contribution in [1.82, 2.24) is 9.78 Å². The van der Waals surface area contributed by atoms with Crippen molar-refractivity contribution in [2.24, 2.45) is 5.73 Å². The minimum Gasteiger partial charge on any atom is -0.497 e. The Morgan fingerprint density at radius 3 is 2.26 bits per heavy atom. The van der Waals surface area contributed by atoms with Gasteiger partial charge < -0.3 is 20.3 Å². The molecule has 2 aliphatic heterocycles. The Bertz CT molecular complexity index is 1310. The van der Waals surface area contributed by atoms with E-state index in [0.717, 1.165) is 11.3 Å². The number of nitrogens with two attached hydrogens (primary N) is 1. The molecule has 3 heterocycles. The number of rotatable bonds is 6. The van der Waals surface area contributed by atoms with Crippen LogP contribution >= 0.6 is 0 Å². The number of benzene rings is 2. The van der Waals surface area contributed by atoms with Gasteiger partial charge >= 0.3 is 0 Å². The third kappa shape index (κ3) is 3.40. The van der Waals surface area contributed by atoms with Gasteiger partial charge in [0.05, 0.1) is 12.8 Å². The molecule has 9 heteroatoms. The van der Waals surface area contributed by atoms with Gasteiger partial charge in [0.1, 0.15) is 11.4 Å². The zero-order valence-electron chi connectivity index (χ0n) is 19.1. The molecule has 0 aliphatic carbocycles. The molecule has 9 nitrogen and oxygen atoms in total. The van der Waals surface area contributed by atoms with E-state index in [0.29, 0.717) is 60.7 Å². The van der Waals surface area contributed by atoms with Crippen LogP contribution in [0.15, 0.2) is 42.5 Å². The van der Waals surface area contributed by atoms with E-state index in [2.05, 4.69) is 5.10 Å². The quantitative estimate of drug-likeness (QED) is 0.570. The number of aryl methyl sites for hydroxylation is 1. The van der Waals surface area contributed by atoms with Crippen LogP contribution in [0.25, 0.3) is 5.69 Å². The van der Waals surface area contributed by atoms with Crippen molar-refractivity contribution in [2.75, 3.05) is 30.0 Å². The van der Waals surface area contributed by atoms with Crippen LogP contribution in [0.3, 0.4) is 0 Å². The Kier molecular flexibility index (Phi) is 5.31. The Morgan fingerprint density at radius 2 is 1.71 bits per heavy atom. The van der Waals surface area contributed by atoms with E-state index in [1.807, 2.05) is 43.3 Å². The van der Waals surface area contributed by atoms with Gasteiger partial charge in [0, 0.05) is 36.4 Å². The fourth-order valence-electron chi connectivity index (χ4n) is 4.56. The largest absolute Gasteiger partial charge is 0.497 e. The van der Waals surface area contributed by atoms with Crippen LogP contribution in [0.1, 0.15) is 45.4 Å². The van der Waals surface area contributed by atoms with Gasteiger partial charge in [-0.2, -0.15) is 5.10 Å². The van der Waals surface area contributed by atoms with Crippen molar-refractivity contribution in [2.45, 2.75) is 26.2 Å². The normalized spacial score (nSPS) is 15.2. The number of hydrogen-bond acceptors (Lipinski definition) is 5. The molecule has 2 N–H and O–H groups in total. The topological polar surface area (TPSA) is 111 Å². The van der Waals surface area contributed by atoms with E-state index < -0.39 is 5.91 Å². The number of primary amides is 1. The molecule has 0 saturated carbocycles. The summed E-state index contributed by atoms with van der Waals surface area (Å²) < 4.78 is 6.88. The number of anilines is 2. The Morgan fingerprint density at radius 1 is 1.03 bits per heavy atom. The Labute approximate surface area is 196 Å². The summed E-state index contributed by atoms with van der Waals surface area (Å²) in [5.74, 6) is -0.121. The predicted octanol–water partition coefficient (Wildman–Crippen LogP) is 2.48. The highest BCUT2D eigenvalue weighted by molar-refractivity contribution is 6.09. The van der Waals surface area contributed by atoms with Crippen LogP contribution in [0.2, 0.25) is 0 Å². The standard InChI is InChI=1S/C25H25N5O4/c1-3-15-14-18(34-2)8-9-20(15)30-23-19(22(27-30)24(26)32)10-12-29(25(23)33)17-6-4-16(5-7-17)28-13-11-21(28)31/h4-9,14H,3,10-13H2,1-2H3,(H2,26,32). The molecule has 0 atom stereocenters. The van der Waals surface area contributed by atoms with Crippen molar-refractivity contribution >= 4 is 29.1 Å². The highest BCUT2D eigenvalue weighted by Crippen LogP contribution is 2.32. The molecular formula is C25H25N5O4.